The Hall–Kier alpha value is -2.81. The zero-order chi connectivity index (χ0) is 20.8. The fraction of sp³-hybridized carbons (Fsp3) is 0.316. The number of nitrogens with one attached hydrogen (secondary N) is 1. The molecular formula is C19H17ClF3N5O. The quantitative estimate of drug-likeness (QED) is 0.690. The minimum absolute atomic E-state index is 0.160. The highest BCUT2D eigenvalue weighted by Gasteiger charge is 2.41. The molecule has 3 aromatic rings. The minimum Gasteiger partial charge on any atom is -0.345 e. The third kappa shape index (κ3) is 3.62. The number of alkyl halides is 3. The molecule has 2 heterocycles. The number of aromatic nitrogens is 4. The first-order valence-corrected chi connectivity index (χ1v) is 9.36. The summed E-state index contributed by atoms with van der Waals surface area (Å²) in [6.45, 7) is 0. The van der Waals surface area contributed by atoms with Gasteiger partial charge < -0.3 is 5.32 Å². The SMILES string of the molecule is Cn1ncc2c1CCCC2NC(=O)c1cnn(-c2ccc(Cl)cc2)c1C(F)(F)F. The Labute approximate surface area is 169 Å². The first-order valence-electron chi connectivity index (χ1n) is 8.98. The number of halogens is 4. The molecule has 1 aromatic carbocycles. The lowest BCUT2D eigenvalue weighted by molar-refractivity contribution is -0.143. The van der Waals surface area contributed by atoms with E-state index >= 15 is 0 Å². The molecule has 0 saturated heterocycles. The number of benzene rings is 1. The van der Waals surface area contributed by atoms with Gasteiger partial charge in [-0.2, -0.15) is 23.4 Å². The standard InChI is InChI=1S/C19H17ClF3N5O/c1-27-16-4-2-3-15(13(16)9-24-27)26-18(29)14-10-25-28(17(14)19(21,22)23)12-7-5-11(20)6-8-12/h5-10,15H,2-4H2,1H3,(H,26,29). The summed E-state index contributed by atoms with van der Waals surface area (Å²) in [5, 5.41) is 11.1. The van der Waals surface area contributed by atoms with Gasteiger partial charge in [-0.1, -0.05) is 11.6 Å². The molecule has 1 aliphatic rings. The van der Waals surface area contributed by atoms with Gasteiger partial charge in [0.2, 0.25) is 0 Å². The molecule has 29 heavy (non-hydrogen) atoms. The van der Waals surface area contributed by atoms with Crippen molar-refractivity contribution in [2.75, 3.05) is 0 Å². The fourth-order valence-corrected chi connectivity index (χ4v) is 3.78. The van der Waals surface area contributed by atoms with E-state index in [9.17, 15) is 18.0 Å². The van der Waals surface area contributed by atoms with Crippen molar-refractivity contribution in [3.8, 4) is 5.69 Å². The lowest BCUT2D eigenvalue weighted by atomic mass is 9.93. The zero-order valence-electron chi connectivity index (χ0n) is 15.4. The van der Waals surface area contributed by atoms with Crippen LogP contribution in [0.2, 0.25) is 5.02 Å². The molecule has 152 valence electrons. The topological polar surface area (TPSA) is 64.7 Å². The molecule has 1 N–H and O–H groups in total. The largest absolute Gasteiger partial charge is 0.434 e. The van der Waals surface area contributed by atoms with Gasteiger partial charge in [-0.05, 0) is 43.5 Å². The number of aryl methyl sites for hydroxylation is 1. The van der Waals surface area contributed by atoms with Gasteiger partial charge in [-0.25, -0.2) is 4.68 Å². The van der Waals surface area contributed by atoms with Crippen LogP contribution in [0.15, 0.2) is 36.7 Å². The predicted octanol–water partition coefficient (Wildman–Crippen LogP) is 4.09. The molecule has 0 bridgehead atoms. The molecule has 6 nitrogen and oxygen atoms in total. The second-order valence-corrected chi connectivity index (χ2v) is 7.32. The smallest absolute Gasteiger partial charge is 0.345 e. The third-order valence-electron chi connectivity index (χ3n) is 5.03. The number of fused-ring (bicyclic) bond motifs is 1. The van der Waals surface area contributed by atoms with Crippen molar-refractivity contribution in [1.82, 2.24) is 24.9 Å². The molecule has 0 radical (unpaired) electrons. The van der Waals surface area contributed by atoms with Gasteiger partial charge in [0, 0.05) is 23.3 Å². The maximum Gasteiger partial charge on any atom is 0.434 e. The summed E-state index contributed by atoms with van der Waals surface area (Å²) >= 11 is 5.81. The summed E-state index contributed by atoms with van der Waals surface area (Å²) in [7, 11) is 1.81. The Balaban J connectivity index is 1.68. The fourth-order valence-electron chi connectivity index (χ4n) is 3.66. The number of amides is 1. The monoisotopic (exact) mass is 423 g/mol. The Morgan fingerprint density at radius 2 is 1.93 bits per heavy atom. The molecule has 10 heteroatoms. The molecule has 0 spiro atoms. The highest BCUT2D eigenvalue weighted by Crippen LogP contribution is 2.35. The molecule has 1 unspecified atom stereocenters. The summed E-state index contributed by atoms with van der Waals surface area (Å²) in [6.07, 6.45) is 0.0983. The Morgan fingerprint density at radius 1 is 1.21 bits per heavy atom. The van der Waals surface area contributed by atoms with Crippen LogP contribution in [0.3, 0.4) is 0 Å². The van der Waals surface area contributed by atoms with Crippen molar-refractivity contribution >= 4 is 17.5 Å². The Kier molecular flexibility index (Phi) is 4.85. The first-order chi connectivity index (χ1) is 13.8. The minimum atomic E-state index is -4.77. The number of rotatable bonds is 3. The van der Waals surface area contributed by atoms with Crippen LogP contribution in [-0.4, -0.2) is 25.5 Å². The van der Waals surface area contributed by atoms with E-state index in [2.05, 4.69) is 15.5 Å². The van der Waals surface area contributed by atoms with E-state index in [1.54, 1.807) is 17.9 Å². The number of carbonyl (C=O) groups excluding carboxylic acids is 1. The van der Waals surface area contributed by atoms with Crippen molar-refractivity contribution in [2.24, 2.45) is 7.05 Å². The average molecular weight is 424 g/mol. The van der Waals surface area contributed by atoms with Crippen LogP contribution in [0.5, 0.6) is 0 Å². The second-order valence-electron chi connectivity index (χ2n) is 6.88. The second kappa shape index (κ2) is 7.22. The molecule has 0 aliphatic heterocycles. The van der Waals surface area contributed by atoms with E-state index < -0.39 is 23.3 Å². The van der Waals surface area contributed by atoms with Crippen LogP contribution in [0.1, 0.15) is 46.2 Å². The van der Waals surface area contributed by atoms with Gasteiger partial charge in [0.05, 0.1) is 29.7 Å². The summed E-state index contributed by atoms with van der Waals surface area (Å²) in [5.74, 6) is -0.820. The van der Waals surface area contributed by atoms with Gasteiger partial charge in [-0.3, -0.25) is 9.48 Å². The number of nitrogens with zero attached hydrogens (tertiary/aromatic N) is 4. The van der Waals surface area contributed by atoms with E-state index in [1.807, 2.05) is 0 Å². The predicted molar refractivity (Wildman–Crippen MR) is 99.9 cm³/mol. The van der Waals surface area contributed by atoms with Crippen LogP contribution in [0, 0.1) is 0 Å². The van der Waals surface area contributed by atoms with Gasteiger partial charge in [0.1, 0.15) is 0 Å². The number of hydrogen-bond donors (Lipinski definition) is 1. The average Bonchev–Trinajstić information content (AvgIpc) is 3.27. The normalized spacial score (nSPS) is 16.5. The van der Waals surface area contributed by atoms with E-state index in [4.69, 9.17) is 11.6 Å². The van der Waals surface area contributed by atoms with Crippen LogP contribution in [0.4, 0.5) is 13.2 Å². The number of hydrogen-bond acceptors (Lipinski definition) is 3. The summed E-state index contributed by atoms with van der Waals surface area (Å²) in [6, 6.07) is 5.36. The number of carbonyl (C=O) groups is 1. The lowest BCUT2D eigenvalue weighted by Crippen LogP contribution is -2.32. The molecule has 2 aromatic heterocycles. The van der Waals surface area contributed by atoms with Crippen LogP contribution < -0.4 is 5.32 Å². The molecule has 1 amide bonds. The molecule has 4 rings (SSSR count). The van der Waals surface area contributed by atoms with E-state index in [0.717, 1.165) is 30.3 Å². The molecule has 1 atom stereocenters. The lowest BCUT2D eigenvalue weighted by Gasteiger charge is -2.24. The van der Waals surface area contributed by atoms with E-state index in [-0.39, 0.29) is 11.7 Å². The van der Waals surface area contributed by atoms with Crippen molar-refractivity contribution in [3.63, 3.8) is 0 Å². The maximum atomic E-state index is 13.8. The highest BCUT2D eigenvalue weighted by atomic mass is 35.5. The van der Waals surface area contributed by atoms with Crippen LogP contribution >= 0.6 is 11.6 Å². The first kappa shape index (κ1) is 19.5. The molecule has 1 aliphatic carbocycles. The molecular weight excluding hydrogens is 407 g/mol. The van der Waals surface area contributed by atoms with Gasteiger partial charge in [0.25, 0.3) is 5.91 Å². The van der Waals surface area contributed by atoms with Crippen LogP contribution in [-0.2, 0) is 19.6 Å². The summed E-state index contributed by atoms with van der Waals surface area (Å²) in [5.41, 5.74) is 0.330. The molecule has 0 saturated carbocycles. The molecule has 0 fully saturated rings. The van der Waals surface area contributed by atoms with E-state index in [0.29, 0.717) is 16.1 Å². The van der Waals surface area contributed by atoms with E-state index in [1.165, 1.54) is 24.3 Å². The highest BCUT2D eigenvalue weighted by molar-refractivity contribution is 6.30. The van der Waals surface area contributed by atoms with Gasteiger partial charge in [-0.15, -0.1) is 0 Å². The Bertz CT molecular complexity index is 1050. The summed E-state index contributed by atoms with van der Waals surface area (Å²) < 4.78 is 43.9. The van der Waals surface area contributed by atoms with Crippen molar-refractivity contribution in [1.29, 1.82) is 0 Å². The zero-order valence-corrected chi connectivity index (χ0v) is 16.1. The van der Waals surface area contributed by atoms with Crippen molar-refractivity contribution < 1.29 is 18.0 Å². The Morgan fingerprint density at radius 3 is 2.62 bits per heavy atom. The maximum absolute atomic E-state index is 13.8. The van der Waals surface area contributed by atoms with Crippen LogP contribution in [0.25, 0.3) is 5.69 Å². The van der Waals surface area contributed by atoms with Gasteiger partial charge in [0.15, 0.2) is 5.69 Å². The third-order valence-corrected chi connectivity index (χ3v) is 5.29. The van der Waals surface area contributed by atoms with Crippen molar-refractivity contribution in [2.45, 2.75) is 31.5 Å². The van der Waals surface area contributed by atoms with Crippen molar-refractivity contribution in [3.05, 3.63) is 64.2 Å². The van der Waals surface area contributed by atoms with Gasteiger partial charge >= 0.3 is 6.18 Å². The summed E-state index contributed by atoms with van der Waals surface area (Å²) in [4.78, 5) is 12.8.